The van der Waals surface area contributed by atoms with Crippen LogP contribution in [0.1, 0.15) is 0 Å². The minimum absolute atomic E-state index is 0.847. The average Bonchev–Trinajstić information content (AvgIpc) is 1.35. The topological polar surface area (TPSA) is 0 Å². The van der Waals surface area contributed by atoms with Crippen LogP contribution in [0.15, 0.2) is 0 Å². The summed E-state index contributed by atoms with van der Waals surface area (Å²) in [4.78, 5) is 0. The molecule has 0 N–H and O–H groups in total. The molecule has 0 rings (SSSR count). The van der Waals surface area contributed by atoms with Crippen LogP contribution in [0, 0.1) is 12.3 Å². The van der Waals surface area contributed by atoms with Gasteiger partial charge in [0, 0.05) is 0 Å². The third-order valence-corrected chi connectivity index (χ3v) is 0.581. The maximum absolute atomic E-state index is 4.83. The van der Waals surface area contributed by atoms with E-state index < -0.39 is 3.41 Å². The zero-order chi connectivity index (χ0) is 5.21. The molecule has 0 bridgehead atoms. The highest BCUT2D eigenvalue weighted by Gasteiger charge is 2.05. The Hall–Kier alpha value is 0.610. The zero-order valence-electron chi connectivity index (χ0n) is 2.92. The number of hydrogen-bond donors (Lipinski definition) is 3. The summed E-state index contributed by atoms with van der Waals surface area (Å²) in [6.45, 7) is 0. The van der Waals surface area contributed by atoms with Crippen molar-refractivity contribution >= 4 is 37.9 Å². The fourth-order valence-electron chi connectivity index (χ4n) is 0. The van der Waals surface area contributed by atoms with Crippen molar-refractivity contribution in [1.29, 1.82) is 0 Å². The quantitative estimate of drug-likeness (QED) is 0.247. The van der Waals surface area contributed by atoms with Gasteiger partial charge in [0.25, 0.3) is 0 Å². The van der Waals surface area contributed by atoms with Crippen LogP contribution in [0.4, 0.5) is 0 Å². The standard InChI is InChI=1S/C3H4S3/c1-2-3(4,5)6/h1,4-6H. The minimum Gasteiger partial charge on any atom is -0.139 e. The van der Waals surface area contributed by atoms with Gasteiger partial charge in [-0.15, -0.1) is 44.3 Å². The van der Waals surface area contributed by atoms with Crippen molar-refractivity contribution in [2.45, 2.75) is 3.41 Å². The smallest absolute Gasteiger partial charge is 0.139 e. The van der Waals surface area contributed by atoms with Gasteiger partial charge in [0.05, 0.1) is 0 Å². The maximum Gasteiger partial charge on any atom is 0.159 e. The largest absolute Gasteiger partial charge is 0.159 e. The molecule has 0 aliphatic heterocycles. The van der Waals surface area contributed by atoms with Crippen molar-refractivity contribution in [2.75, 3.05) is 0 Å². The minimum atomic E-state index is -0.847. The van der Waals surface area contributed by atoms with E-state index in [1.165, 1.54) is 0 Å². The fourth-order valence-corrected chi connectivity index (χ4v) is 0. The Bertz CT molecular complexity index is 73.0. The second-order valence-corrected chi connectivity index (χ2v) is 3.85. The van der Waals surface area contributed by atoms with E-state index in [2.05, 4.69) is 43.8 Å². The van der Waals surface area contributed by atoms with E-state index in [0.717, 1.165) is 0 Å². The summed E-state index contributed by atoms with van der Waals surface area (Å²) < 4.78 is -0.847. The molecule has 0 aromatic carbocycles. The van der Waals surface area contributed by atoms with Gasteiger partial charge in [-0.2, -0.15) is 0 Å². The van der Waals surface area contributed by atoms with Gasteiger partial charge in [-0.3, -0.25) is 0 Å². The lowest BCUT2D eigenvalue weighted by molar-refractivity contribution is 1.72. The highest BCUT2D eigenvalue weighted by molar-refractivity contribution is 8.17. The molecule has 0 aliphatic carbocycles. The van der Waals surface area contributed by atoms with Crippen LogP contribution in [0.25, 0.3) is 0 Å². The van der Waals surface area contributed by atoms with Gasteiger partial charge in [-0.05, 0) is 0 Å². The van der Waals surface area contributed by atoms with Crippen LogP contribution in [-0.2, 0) is 0 Å². The monoisotopic (exact) mass is 136 g/mol. The van der Waals surface area contributed by atoms with Crippen LogP contribution >= 0.6 is 37.9 Å². The summed E-state index contributed by atoms with van der Waals surface area (Å²) in [6, 6.07) is 0. The van der Waals surface area contributed by atoms with E-state index in [1.54, 1.807) is 0 Å². The zero-order valence-corrected chi connectivity index (χ0v) is 5.60. The van der Waals surface area contributed by atoms with Crippen LogP contribution in [0.3, 0.4) is 0 Å². The summed E-state index contributed by atoms with van der Waals surface area (Å²) in [5, 5.41) is 0. The Balaban J connectivity index is 3.55. The van der Waals surface area contributed by atoms with Crippen molar-refractivity contribution in [3.05, 3.63) is 0 Å². The second-order valence-electron chi connectivity index (χ2n) is 0.780. The molecule has 0 heterocycles. The lowest BCUT2D eigenvalue weighted by Gasteiger charge is -2.01. The maximum atomic E-state index is 4.83. The molecule has 0 nitrogen and oxygen atoms in total. The molecule has 0 aromatic rings. The molecule has 34 valence electrons. The fraction of sp³-hybridized carbons (Fsp3) is 0.333. The van der Waals surface area contributed by atoms with Gasteiger partial charge < -0.3 is 0 Å². The van der Waals surface area contributed by atoms with Crippen LogP contribution < -0.4 is 0 Å². The Morgan fingerprint density at radius 3 is 1.50 bits per heavy atom. The Kier molecular flexibility index (Phi) is 2.27. The Labute approximate surface area is 53.9 Å². The third-order valence-electron chi connectivity index (χ3n) is 0.194. The highest BCUT2D eigenvalue weighted by Crippen LogP contribution is 2.21. The molecule has 3 heteroatoms. The van der Waals surface area contributed by atoms with Gasteiger partial charge in [0.2, 0.25) is 0 Å². The summed E-state index contributed by atoms with van der Waals surface area (Å²) in [5.74, 6) is 2.20. The first kappa shape index (κ1) is 6.61. The first-order valence-electron chi connectivity index (χ1n) is 1.21. The predicted octanol–water partition coefficient (Wildman–Crippen LogP) is 1.06. The van der Waals surface area contributed by atoms with Crippen molar-refractivity contribution in [2.24, 2.45) is 0 Å². The van der Waals surface area contributed by atoms with Gasteiger partial charge in [-0.25, -0.2) is 0 Å². The number of rotatable bonds is 0. The van der Waals surface area contributed by atoms with E-state index in [9.17, 15) is 0 Å². The molecule has 0 fully saturated rings. The van der Waals surface area contributed by atoms with Crippen LogP contribution in [0.2, 0.25) is 0 Å². The molecule has 0 spiro atoms. The molecule has 0 atom stereocenters. The molecular weight excluding hydrogens is 132 g/mol. The molecule has 6 heavy (non-hydrogen) atoms. The normalized spacial score (nSPS) is 10.3. The van der Waals surface area contributed by atoms with E-state index >= 15 is 0 Å². The molecule has 0 saturated heterocycles. The first-order chi connectivity index (χ1) is 2.56. The average molecular weight is 136 g/mol. The van der Waals surface area contributed by atoms with Crippen molar-refractivity contribution < 1.29 is 0 Å². The second kappa shape index (κ2) is 2.06. The van der Waals surface area contributed by atoms with E-state index in [1.807, 2.05) is 0 Å². The number of hydrogen-bond acceptors (Lipinski definition) is 3. The van der Waals surface area contributed by atoms with Crippen LogP contribution in [-0.4, -0.2) is 3.41 Å². The van der Waals surface area contributed by atoms with Gasteiger partial charge in [-0.1, -0.05) is 5.92 Å². The van der Waals surface area contributed by atoms with Crippen molar-refractivity contribution in [1.82, 2.24) is 0 Å². The molecule has 0 saturated carbocycles. The summed E-state index contributed by atoms with van der Waals surface area (Å²) in [7, 11) is 0. The predicted molar refractivity (Wildman–Crippen MR) is 38.5 cm³/mol. The molecular formula is C3H4S3. The van der Waals surface area contributed by atoms with E-state index in [4.69, 9.17) is 6.42 Å². The molecule has 0 aliphatic rings. The number of thiol groups is 3. The number of terminal acetylenes is 1. The molecule has 0 amide bonds. The van der Waals surface area contributed by atoms with Crippen molar-refractivity contribution in [3.63, 3.8) is 0 Å². The summed E-state index contributed by atoms with van der Waals surface area (Å²) in [5.41, 5.74) is 0. The van der Waals surface area contributed by atoms with Gasteiger partial charge >= 0.3 is 0 Å². The Morgan fingerprint density at radius 1 is 1.33 bits per heavy atom. The van der Waals surface area contributed by atoms with E-state index in [0.29, 0.717) is 0 Å². The van der Waals surface area contributed by atoms with Crippen LogP contribution in [0.5, 0.6) is 0 Å². The summed E-state index contributed by atoms with van der Waals surface area (Å²) in [6.07, 6.45) is 4.83. The van der Waals surface area contributed by atoms with Gasteiger partial charge in [0.15, 0.2) is 3.41 Å². The van der Waals surface area contributed by atoms with Gasteiger partial charge in [0.1, 0.15) is 0 Å². The summed E-state index contributed by atoms with van der Waals surface area (Å²) >= 11 is 11.2. The molecule has 0 radical (unpaired) electrons. The van der Waals surface area contributed by atoms with Crippen molar-refractivity contribution in [3.8, 4) is 12.3 Å². The Morgan fingerprint density at radius 2 is 1.50 bits per heavy atom. The highest BCUT2D eigenvalue weighted by atomic mass is 32.2. The van der Waals surface area contributed by atoms with E-state index in [-0.39, 0.29) is 0 Å². The molecule has 0 aromatic heterocycles. The SMILES string of the molecule is C#CC(S)(S)S. The first-order valence-corrected chi connectivity index (χ1v) is 2.55. The lowest BCUT2D eigenvalue weighted by atomic mass is 10.8. The molecule has 0 unspecified atom stereocenters. The lowest BCUT2D eigenvalue weighted by Crippen LogP contribution is -1.93. The third kappa shape index (κ3) is 4.61.